The first-order chi connectivity index (χ1) is 13.5. The molecule has 0 atom stereocenters. The molecule has 0 saturated carbocycles. The second kappa shape index (κ2) is 9.06. The van der Waals surface area contributed by atoms with Gasteiger partial charge in [0, 0.05) is 22.3 Å². The number of hydrogen-bond donors (Lipinski definition) is 2. The molecule has 0 aliphatic heterocycles. The van der Waals surface area contributed by atoms with Crippen molar-refractivity contribution in [1.29, 1.82) is 0 Å². The van der Waals surface area contributed by atoms with Gasteiger partial charge in [-0.15, -0.1) is 0 Å². The highest BCUT2D eigenvalue weighted by Crippen LogP contribution is 2.24. The Morgan fingerprint density at radius 3 is 2.75 bits per heavy atom. The molecule has 144 valence electrons. The molecule has 0 spiro atoms. The Hall–Kier alpha value is -2.60. The number of aliphatic hydroxyl groups excluding tert-OH is 1. The monoisotopic (exact) mass is 415 g/mol. The number of amides is 1. The minimum absolute atomic E-state index is 0.0844. The van der Waals surface area contributed by atoms with Gasteiger partial charge in [-0.3, -0.25) is 4.79 Å². The highest BCUT2D eigenvalue weighted by atomic mass is 35.5. The number of nitrogens with one attached hydrogen (secondary N) is 1. The van der Waals surface area contributed by atoms with Crippen molar-refractivity contribution in [2.45, 2.75) is 20.1 Å². The van der Waals surface area contributed by atoms with Crippen LogP contribution in [-0.2, 0) is 17.9 Å². The minimum Gasteiger partial charge on any atom is -0.392 e. The first-order valence-corrected chi connectivity index (χ1v) is 9.38. The van der Waals surface area contributed by atoms with Crippen molar-refractivity contribution in [3.8, 4) is 0 Å². The van der Waals surface area contributed by atoms with Crippen LogP contribution in [0.5, 0.6) is 0 Å². The second-order valence-electron chi connectivity index (χ2n) is 6.22. The molecule has 1 aromatic heterocycles. The molecule has 1 amide bonds. The van der Waals surface area contributed by atoms with Crippen molar-refractivity contribution in [3.63, 3.8) is 0 Å². The van der Waals surface area contributed by atoms with E-state index in [-0.39, 0.29) is 12.5 Å². The average Bonchev–Trinajstić information content (AvgIpc) is 2.95. The van der Waals surface area contributed by atoms with E-state index < -0.39 is 0 Å². The predicted molar refractivity (Wildman–Crippen MR) is 113 cm³/mol. The minimum atomic E-state index is -0.301. The topological polar surface area (TPSA) is 67.2 Å². The Bertz CT molecular complexity index is 1030. The van der Waals surface area contributed by atoms with Gasteiger partial charge in [-0.2, -0.15) is 5.10 Å². The van der Waals surface area contributed by atoms with E-state index in [2.05, 4.69) is 10.4 Å². The van der Waals surface area contributed by atoms with E-state index in [4.69, 9.17) is 23.2 Å². The highest BCUT2D eigenvalue weighted by Gasteiger charge is 2.13. The number of aliphatic hydroxyl groups is 1. The molecule has 0 fully saturated rings. The number of benzene rings is 2. The van der Waals surface area contributed by atoms with Gasteiger partial charge in [-0.1, -0.05) is 53.5 Å². The van der Waals surface area contributed by atoms with Crippen LogP contribution >= 0.6 is 23.2 Å². The molecule has 2 N–H and O–H groups in total. The van der Waals surface area contributed by atoms with Crippen LogP contribution < -0.4 is 5.32 Å². The van der Waals surface area contributed by atoms with Crippen molar-refractivity contribution in [2.75, 3.05) is 5.32 Å². The van der Waals surface area contributed by atoms with Gasteiger partial charge in [0.25, 0.3) is 0 Å². The molecule has 3 aromatic rings. The van der Waals surface area contributed by atoms with Crippen LogP contribution in [0.3, 0.4) is 0 Å². The lowest BCUT2D eigenvalue weighted by Gasteiger charge is -2.05. The molecule has 3 rings (SSSR count). The summed E-state index contributed by atoms with van der Waals surface area (Å²) in [6.07, 6.45) is 3.04. The SMILES string of the molecule is Cc1nn(Cc2ccccc2Cl)c(Cl)c1/C=C/C(=O)Nc1cccc(CO)c1. The lowest BCUT2D eigenvalue weighted by molar-refractivity contribution is -0.111. The lowest BCUT2D eigenvalue weighted by Crippen LogP contribution is -2.08. The second-order valence-corrected chi connectivity index (χ2v) is 6.99. The molecule has 0 bridgehead atoms. The van der Waals surface area contributed by atoms with Crippen molar-refractivity contribution in [3.05, 3.63) is 87.2 Å². The number of halogens is 2. The summed E-state index contributed by atoms with van der Waals surface area (Å²) in [5, 5.41) is 17.5. The van der Waals surface area contributed by atoms with Gasteiger partial charge in [0.2, 0.25) is 5.91 Å². The van der Waals surface area contributed by atoms with Crippen molar-refractivity contribution in [2.24, 2.45) is 0 Å². The molecule has 0 saturated heterocycles. The smallest absolute Gasteiger partial charge is 0.248 e. The highest BCUT2D eigenvalue weighted by molar-refractivity contribution is 6.32. The number of hydrogen-bond acceptors (Lipinski definition) is 3. The fourth-order valence-corrected chi connectivity index (χ4v) is 3.23. The van der Waals surface area contributed by atoms with Crippen molar-refractivity contribution in [1.82, 2.24) is 9.78 Å². The van der Waals surface area contributed by atoms with E-state index in [1.165, 1.54) is 6.08 Å². The fraction of sp³-hybridized carbons (Fsp3) is 0.143. The Labute approximate surface area is 173 Å². The molecule has 0 unspecified atom stereocenters. The van der Waals surface area contributed by atoms with Crippen LogP contribution in [0.4, 0.5) is 5.69 Å². The van der Waals surface area contributed by atoms with Crippen LogP contribution in [0.15, 0.2) is 54.6 Å². The molecule has 28 heavy (non-hydrogen) atoms. The predicted octanol–water partition coefficient (Wildman–Crippen LogP) is 4.69. The third-order valence-corrected chi connectivity index (χ3v) is 4.93. The number of nitrogens with zero attached hydrogens (tertiary/aromatic N) is 2. The summed E-state index contributed by atoms with van der Waals surface area (Å²) in [4.78, 5) is 12.2. The van der Waals surface area contributed by atoms with Crippen molar-refractivity contribution < 1.29 is 9.90 Å². The van der Waals surface area contributed by atoms with Gasteiger partial charge < -0.3 is 10.4 Å². The van der Waals surface area contributed by atoms with Crippen LogP contribution in [0, 0.1) is 6.92 Å². The summed E-state index contributed by atoms with van der Waals surface area (Å²) in [6, 6.07) is 14.5. The van der Waals surface area contributed by atoms with Gasteiger partial charge in [0.15, 0.2) is 0 Å². The Morgan fingerprint density at radius 1 is 1.21 bits per heavy atom. The van der Waals surface area contributed by atoms with E-state index in [0.717, 1.165) is 11.1 Å². The first-order valence-electron chi connectivity index (χ1n) is 8.63. The van der Waals surface area contributed by atoms with E-state index in [9.17, 15) is 9.90 Å². The third-order valence-electron chi connectivity index (χ3n) is 4.17. The van der Waals surface area contributed by atoms with Gasteiger partial charge >= 0.3 is 0 Å². The van der Waals surface area contributed by atoms with E-state index in [0.29, 0.717) is 33.7 Å². The standard InChI is InChI=1S/C21H19Cl2N3O2/c1-14-18(9-10-20(28)24-17-7-4-5-15(11-17)13-27)21(23)26(25-14)12-16-6-2-3-8-19(16)22/h2-11,27H,12-13H2,1H3,(H,24,28)/b10-9+. The van der Waals surface area contributed by atoms with Crippen LogP contribution in [0.2, 0.25) is 10.2 Å². The molecule has 2 aromatic carbocycles. The Balaban J connectivity index is 1.74. The molecule has 7 heteroatoms. The van der Waals surface area contributed by atoms with E-state index in [1.54, 1.807) is 35.0 Å². The number of rotatable bonds is 6. The zero-order chi connectivity index (χ0) is 20.1. The largest absolute Gasteiger partial charge is 0.392 e. The molecule has 0 aliphatic rings. The summed E-state index contributed by atoms with van der Waals surface area (Å²) < 4.78 is 1.65. The molecular weight excluding hydrogens is 397 g/mol. The molecule has 0 radical (unpaired) electrons. The van der Waals surface area contributed by atoms with Gasteiger partial charge in [-0.05, 0) is 42.3 Å². The number of aromatic nitrogens is 2. The zero-order valence-electron chi connectivity index (χ0n) is 15.2. The maximum absolute atomic E-state index is 12.2. The Kier molecular flexibility index (Phi) is 6.52. The van der Waals surface area contributed by atoms with Crippen LogP contribution in [0.1, 0.15) is 22.4 Å². The summed E-state index contributed by atoms with van der Waals surface area (Å²) >= 11 is 12.7. The average molecular weight is 416 g/mol. The van der Waals surface area contributed by atoms with Crippen LogP contribution in [-0.4, -0.2) is 20.8 Å². The maximum Gasteiger partial charge on any atom is 0.248 e. The molecule has 0 aliphatic carbocycles. The normalized spacial score (nSPS) is 11.1. The first kappa shape index (κ1) is 20.1. The third kappa shape index (κ3) is 4.81. The maximum atomic E-state index is 12.2. The molecule has 1 heterocycles. The molecular formula is C21H19Cl2N3O2. The number of anilines is 1. The van der Waals surface area contributed by atoms with E-state index in [1.807, 2.05) is 31.2 Å². The number of carbonyl (C=O) groups is 1. The summed E-state index contributed by atoms with van der Waals surface area (Å²) in [6.45, 7) is 2.18. The van der Waals surface area contributed by atoms with Gasteiger partial charge in [-0.25, -0.2) is 4.68 Å². The summed E-state index contributed by atoms with van der Waals surface area (Å²) in [7, 11) is 0. The molecule has 5 nitrogen and oxygen atoms in total. The van der Waals surface area contributed by atoms with Crippen molar-refractivity contribution >= 4 is 40.9 Å². The van der Waals surface area contributed by atoms with E-state index >= 15 is 0 Å². The van der Waals surface area contributed by atoms with Gasteiger partial charge in [0.05, 0.1) is 18.8 Å². The summed E-state index contributed by atoms with van der Waals surface area (Å²) in [5.41, 5.74) is 3.63. The zero-order valence-corrected chi connectivity index (χ0v) is 16.7. The quantitative estimate of drug-likeness (QED) is 0.573. The van der Waals surface area contributed by atoms with Gasteiger partial charge in [0.1, 0.15) is 5.15 Å². The van der Waals surface area contributed by atoms with Crippen LogP contribution in [0.25, 0.3) is 6.08 Å². The summed E-state index contributed by atoms with van der Waals surface area (Å²) in [5.74, 6) is -0.301. The fourth-order valence-electron chi connectivity index (χ4n) is 2.74. The number of aryl methyl sites for hydroxylation is 1. The number of carbonyl (C=O) groups excluding carboxylic acids is 1. The lowest BCUT2D eigenvalue weighted by atomic mass is 10.2. The Morgan fingerprint density at radius 2 is 2.00 bits per heavy atom.